The minimum atomic E-state index is -1.00. The minimum absolute atomic E-state index is 0.114. The van der Waals surface area contributed by atoms with Crippen LogP contribution in [0.5, 0.6) is 0 Å². The van der Waals surface area contributed by atoms with Crippen LogP contribution >= 0.6 is 0 Å². The van der Waals surface area contributed by atoms with E-state index in [1.54, 1.807) is 10.8 Å². The highest BCUT2D eigenvalue weighted by Crippen LogP contribution is 2.11. The van der Waals surface area contributed by atoms with Gasteiger partial charge in [-0.3, -0.25) is 4.79 Å². The maximum atomic E-state index is 11.3. The Labute approximate surface area is 113 Å². The van der Waals surface area contributed by atoms with Crippen LogP contribution in [0.25, 0.3) is 0 Å². The number of ketones is 1. The molecule has 19 heavy (non-hydrogen) atoms. The van der Waals surface area contributed by atoms with Gasteiger partial charge in [0.05, 0.1) is 0 Å². The number of carboxylic acid groups (broad SMARTS) is 1. The van der Waals surface area contributed by atoms with Crippen LogP contribution in [-0.2, 0) is 6.54 Å². The zero-order chi connectivity index (χ0) is 14.6. The highest BCUT2D eigenvalue weighted by atomic mass is 16.4. The molecule has 0 aliphatic heterocycles. The van der Waals surface area contributed by atoms with Crippen LogP contribution in [0.2, 0.25) is 0 Å². The topological polar surface area (TPSA) is 62.5 Å². The summed E-state index contributed by atoms with van der Waals surface area (Å²) in [7, 11) is 2.02. The highest BCUT2D eigenvalue weighted by Gasteiger charge is 2.15. The Bertz CT molecular complexity index is 465. The van der Waals surface area contributed by atoms with Gasteiger partial charge in [-0.05, 0) is 33.4 Å². The quantitative estimate of drug-likeness (QED) is 0.768. The Balaban J connectivity index is 2.82. The number of carboxylic acids is 1. The number of hydrogen-bond donors (Lipinski definition) is 1. The van der Waals surface area contributed by atoms with E-state index in [2.05, 4.69) is 18.7 Å². The molecule has 1 aromatic rings. The molecule has 106 valence electrons. The van der Waals surface area contributed by atoms with Gasteiger partial charge in [-0.25, -0.2) is 4.79 Å². The lowest BCUT2D eigenvalue weighted by atomic mass is 10.2. The Hall–Kier alpha value is -1.62. The van der Waals surface area contributed by atoms with Crippen LogP contribution in [0.15, 0.2) is 12.3 Å². The second kappa shape index (κ2) is 6.52. The van der Waals surface area contributed by atoms with E-state index in [0.717, 1.165) is 13.0 Å². The molecule has 0 radical (unpaired) electrons. The standard InChI is InChI=1S/C14H22N2O3/c1-5-10(2)15(4)6-7-16-9-12(11(3)17)8-13(16)14(18)19/h8-10H,5-7H2,1-4H3,(H,18,19). The fourth-order valence-electron chi connectivity index (χ4n) is 1.86. The molecule has 0 spiro atoms. The highest BCUT2D eigenvalue weighted by molar-refractivity contribution is 5.97. The lowest BCUT2D eigenvalue weighted by molar-refractivity contribution is 0.0684. The van der Waals surface area contributed by atoms with Crippen molar-refractivity contribution in [1.29, 1.82) is 0 Å². The molecule has 1 unspecified atom stereocenters. The number of aromatic nitrogens is 1. The SMILES string of the molecule is CCC(C)N(C)CCn1cc(C(C)=O)cc1C(=O)O. The van der Waals surface area contributed by atoms with Crippen LogP contribution < -0.4 is 0 Å². The van der Waals surface area contributed by atoms with Gasteiger partial charge < -0.3 is 14.6 Å². The minimum Gasteiger partial charge on any atom is -0.477 e. The number of likely N-dealkylation sites (N-methyl/N-ethyl adjacent to an activating group) is 1. The maximum Gasteiger partial charge on any atom is 0.352 e. The second-order valence-electron chi connectivity index (χ2n) is 4.91. The molecule has 1 heterocycles. The van der Waals surface area contributed by atoms with E-state index < -0.39 is 5.97 Å². The summed E-state index contributed by atoms with van der Waals surface area (Å²) in [6, 6.07) is 1.89. The third-order valence-electron chi connectivity index (χ3n) is 3.56. The van der Waals surface area contributed by atoms with Crippen LogP contribution in [0.3, 0.4) is 0 Å². The molecular formula is C14H22N2O3. The van der Waals surface area contributed by atoms with Gasteiger partial charge in [-0.2, -0.15) is 0 Å². The van der Waals surface area contributed by atoms with Crippen molar-refractivity contribution in [2.24, 2.45) is 0 Å². The van der Waals surface area contributed by atoms with Gasteiger partial charge in [-0.1, -0.05) is 6.92 Å². The molecule has 5 heteroatoms. The van der Waals surface area contributed by atoms with E-state index >= 15 is 0 Å². The summed E-state index contributed by atoms with van der Waals surface area (Å²) in [5.41, 5.74) is 0.617. The third kappa shape index (κ3) is 3.92. The van der Waals surface area contributed by atoms with Crippen molar-refractivity contribution in [3.63, 3.8) is 0 Å². The van der Waals surface area contributed by atoms with Crippen LogP contribution in [-0.4, -0.2) is 46.0 Å². The fraction of sp³-hybridized carbons (Fsp3) is 0.571. The molecule has 0 fully saturated rings. The average Bonchev–Trinajstić information content (AvgIpc) is 2.79. The van der Waals surface area contributed by atoms with E-state index in [1.807, 2.05) is 7.05 Å². The normalized spacial score (nSPS) is 12.7. The summed E-state index contributed by atoms with van der Waals surface area (Å²) >= 11 is 0. The van der Waals surface area contributed by atoms with Crippen molar-refractivity contribution in [1.82, 2.24) is 9.47 Å². The Kier molecular flexibility index (Phi) is 5.30. The van der Waals surface area contributed by atoms with Gasteiger partial charge in [0, 0.05) is 30.9 Å². The number of Topliss-reactive ketones (excluding diaryl/α,β-unsaturated/α-hetero) is 1. The van der Waals surface area contributed by atoms with Crippen molar-refractivity contribution in [2.45, 2.75) is 39.8 Å². The number of carbonyl (C=O) groups is 2. The Morgan fingerprint density at radius 1 is 1.47 bits per heavy atom. The number of aromatic carboxylic acids is 1. The first-order valence-electron chi connectivity index (χ1n) is 6.51. The van der Waals surface area contributed by atoms with Crippen molar-refractivity contribution < 1.29 is 14.7 Å². The molecule has 0 aromatic carbocycles. The van der Waals surface area contributed by atoms with Crippen molar-refractivity contribution in [2.75, 3.05) is 13.6 Å². The molecule has 0 saturated carbocycles. The maximum absolute atomic E-state index is 11.3. The van der Waals surface area contributed by atoms with E-state index in [0.29, 0.717) is 18.2 Å². The van der Waals surface area contributed by atoms with Gasteiger partial charge in [0.15, 0.2) is 5.78 Å². The van der Waals surface area contributed by atoms with E-state index in [1.165, 1.54) is 13.0 Å². The average molecular weight is 266 g/mol. The molecule has 0 saturated heterocycles. The summed E-state index contributed by atoms with van der Waals surface area (Å²) in [5, 5.41) is 9.14. The zero-order valence-electron chi connectivity index (χ0n) is 12.0. The van der Waals surface area contributed by atoms with Crippen molar-refractivity contribution >= 4 is 11.8 Å². The largest absolute Gasteiger partial charge is 0.477 e. The van der Waals surface area contributed by atoms with Crippen LogP contribution in [0, 0.1) is 0 Å². The van der Waals surface area contributed by atoms with E-state index in [4.69, 9.17) is 5.11 Å². The first-order chi connectivity index (χ1) is 8.86. The monoisotopic (exact) mass is 266 g/mol. The van der Waals surface area contributed by atoms with Crippen molar-refractivity contribution in [3.05, 3.63) is 23.5 Å². The molecule has 1 N–H and O–H groups in total. The third-order valence-corrected chi connectivity index (χ3v) is 3.56. The lowest BCUT2D eigenvalue weighted by Gasteiger charge is -2.23. The molecule has 1 rings (SSSR count). The lowest BCUT2D eigenvalue weighted by Crippen LogP contribution is -2.31. The number of hydrogen-bond acceptors (Lipinski definition) is 3. The predicted octanol–water partition coefficient (Wildman–Crippen LogP) is 2.12. The van der Waals surface area contributed by atoms with Gasteiger partial charge >= 0.3 is 5.97 Å². The molecule has 0 bridgehead atoms. The van der Waals surface area contributed by atoms with Crippen molar-refractivity contribution in [3.8, 4) is 0 Å². The number of rotatable bonds is 7. The first kappa shape index (κ1) is 15.4. The number of carbonyl (C=O) groups excluding carboxylic acids is 1. The van der Waals surface area contributed by atoms with Crippen LogP contribution in [0.4, 0.5) is 0 Å². The molecule has 5 nitrogen and oxygen atoms in total. The molecule has 0 aliphatic carbocycles. The summed E-state index contributed by atoms with van der Waals surface area (Å²) in [4.78, 5) is 24.6. The number of nitrogens with zero attached hydrogens (tertiary/aromatic N) is 2. The smallest absolute Gasteiger partial charge is 0.352 e. The molecule has 1 aromatic heterocycles. The van der Waals surface area contributed by atoms with E-state index in [9.17, 15) is 9.59 Å². The first-order valence-corrected chi connectivity index (χ1v) is 6.51. The summed E-state index contributed by atoms with van der Waals surface area (Å²) in [6.45, 7) is 7.01. The molecular weight excluding hydrogens is 244 g/mol. The Morgan fingerprint density at radius 2 is 2.11 bits per heavy atom. The Morgan fingerprint density at radius 3 is 2.58 bits per heavy atom. The van der Waals surface area contributed by atoms with Gasteiger partial charge in [0.2, 0.25) is 0 Å². The molecule has 1 atom stereocenters. The summed E-state index contributed by atoms with van der Waals surface area (Å²) in [6.07, 6.45) is 2.67. The van der Waals surface area contributed by atoms with E-state index in [-0.39, 0.29) is 11.5 Å². The summed E-state index contributed by atoms with van der Waals surface area (Å²) in [5.74, 6) is -1.12. The predicted molar refractivity (Wildman–Crippen MR) is 73.8 cm³/mol. The molecule has 0 aliphatic rings. The van der Waals surface area contributed by atoms with Gasteiger partial charge in [0.1, 0.15) is 5.69 Å². The zero-order valence-corrected chi connectivity index (χ0v) is 12.0. The van der Waals surface area contributed by atoms with Gasteiger partial charge in [-0.15, -0.1) is 0 Å². The second-order valence-corrected chi connectivity index (χ2v) is 4.91. The summed E-state index contributed by atoms with van der Waals surface area (Å²) < 4.78 is 1.64. The fourth-order valence-corrected chi connectivity index (χ4v) is 1.86. The van der Waals surface area contributed by atoms with Gasteiger partial charge in [0.25, 0.3) is 0 Å². The molecule has 0 amide bonds. The van der Waals surface area contributed by atoms with Crippen LogP contribution in [0.1, 0.15) is 48.0 Å².